The SMILES string of the molecule is CC(C)CNCCCS(=O)(=O)c1cccc(F)c1. The third kappa shape index (κ3) is 5.14. The smallest absolute Gasteiger partial charge is 0.178 e. The minimum absolute atomic E-state index is 0.0432. The molecule has 1 aromatic carbocycles. The van der Waals surface area contributed by atoms with E-state index >= 15 is 0 Å². The van der Waals surface area contributed by atoms with Crippen LogP contribution in [0.2, 0.25) is 0 Å². The summed E-state index contributed by atoms with van der Waals surface area (Å²) in [6.07, 6.45) is 0.533. The quantitative estimate of drug-likeness (QED) is 0.775. The van der Waals surface area contributed by atoms with Crippen molar-refractivity contribution in [3.05, 3.63) is 30.1 Å². The largest absolute Gasteiger partial charge is 0.316 e. The standard InChI is InChI=1S/C13H20FNO2S/c1-11(2)10-15-7-4-8-18(16,17)13-6-3-5-12(14)9-13/h3,5-6,9,11,15H,4,7-8,10H2,1-2H3. The van der Waals surface area contributed by atoms with E-state index in [1.54, 1.807) is 0 Å². The van der Waals surface area contributed by atoms with Gasteiger partial charge < -0.3 is 5.32 Å². The van der Waals surface area contributed by atoms with Crippen molar-refractivity contribution >= 4 is 9.84 Å². The first kappa shape index (κ1) is 15.1. The average Bonchev–Trinajstić information content (AvgIpc) is 2.28. The zero-order valence-electron chi connectivity index (χ0n) is 10.8. The molecule has 0 unspecified atom stereocenters. The maximum absolute atomic E-state index is 13.0. The second-order valence-corrected chi connectivity index (χ2v) is 6.84. The molecule has 3 nitrogen and oxygen atoms in total. The first-order valence-corrected chi connectivity index (χ1v) is 7.76. The minimum atomic E-state index is -3.36. The van der Waals surface area contributed by atoms with Gasteiger partial charge in [-0.2, -0.15) is 0 Å². The van der Waals surface area contributed by atoms with Gasteiger partial charge in [-0.25, -0.2) is 12.8 Å². The minimum Gasteiger partial charge on any atom is -0.316 e. The van der Waals surface area contributed by atoms with Crippen LogP contribution in [0.3, 0.4) is 0 Å². The summed E-state index contributed by atoms with van der Waals surface area (Å²) in [6, 6.07) is 5.15. The van der Waals surface area contributed by atoms with Gasteiger partial charge >= 0.3 is 0 Å². The van der Waals surface area contributed by atoms with Crippen molar-refractivity contribution in [3.63, 3.8) is 0 Å². The van der Waals surface area contributed by atoms with Crippen LogP contribution in [0.15, 0.2) is 29.2 Å². The highest BCUT2D eigenvalue weighted by atomic mass is 32.2. The third-order valence-electron chi connectivity index (χ3n) is 2.47. The van der Waals surface area contributed by atoms with Gasteiger partial charge in [-0.3, -0.25) is 0 Å². The normalized spacial score (nSPS) is 12.0. The highest BCUT2D eigenvalue weighted by molar-refractivity contribution is 7.91. The fourth-order valence-corrected chi connectivity index (χ4v) is 2.89. The summed E-state index contributed by atoms with van der Waals surface area (Å²) in [5.41, 5.74) is 0. The maximum Gasteiger partial charge on any atom is 0.178 e. The number of benzene rings is 1. The maximum atomic E-state index is 13.0. The fourth-order valence-electron chi connectivity index (χ4n) is 1.56. The monoisotopic (exact) mass is 273 g/mol. The second kappa shape index (κ2) is 6.85. The van der Waals surface area contributed by atoms with Crippen molar-refractivity contribution in [2.75, 3.05) is 18.8 Å². The van der Waals surface area contributed by atoms with Crippen LogP contribution in [-0.4, -0.2) is 27.3 Å². The van der Waals surface area contributed by atoms with Gasteiger partial charge in [0.25, 0.3) is 0 Å². The molecule has 1 aromatic rings. The molecule has 0 bridgehead atoms. The molecule has 0 amide bonds. The lowest BCUT2D eigenvalue weighted by molar-refractivity contribution is 0.546. The van der Waals surface area contributed by atoms with Crippen LogP contribution in [0.5, 0.6) is 0 Å². The van der Waals surface area contributed by atoms with E-state index < -0.39 is 15.7 Å². The Balaban J connectivity index is 2.46. The van der Waals surface area contributed by atoms with Gasteiger partial charge in [0.2, 0.25) is 0 Å². The van der Waals surface area contributed by atoms with E-state index in [2.05, 4.69) is 19.2 Å². The molecule has 1 rings (SSSR count). The molecule has 1 N–H and O–H groups in total. The van der Waals surface area contributed by atoms with Gasteiger partial charge in [-0.05, 0) is 43.6 Å². The zero-order valence-corrected chi connectivity index (χ0v) is 11.6. The van der Waals surface area contributed by atoms with Gasteiger partial charge in [-0.15, -0.1) is 0 Å². The predicted octanol–water partition coefficient (Wildman–Crippen LogP) is 2.24. The average molecular weight is 273 g/mol. The van der Waals surface area contributed by atoms with Gasteiger partial charge in [0.1, 0.15) is 5.82 Å². The van der Waals surface area contributed by atoms with Crippen molar-refractivity contribution in [3.8, 4) is 0 Å². The van der Waals surface area contributed by atoms with Crippen molar-refractivity contribution in [1.29, 1.82) is 0 Å². The number of sulfone groups is 1. The summed E-state index contributed by atoms with van der Waals surface area (Å²) >= 11 is 0. The summed E-state index contributed by atoms with van der Waals surface area (Å²) in [6.45, 7) is 5.72. The molecule has 18 heavy (non-hydrogen) atoms. The summed E-state index contributed by atoms with van der Waals surface area (Å²) in [5.74, 6) is 0.0699. The molecule has 0 aliphatic rings. The Labute approximate surface area is 108 Å². The van der Waals surface area contributed by atoms with Crippen LogP contribution in [-0.2, 0) is 9.84 Å². The van der Waals surface area contributed by atoms with Crippen LogP contribution in [0.1, 0.15) is 20.3 Å². The lowest BCUT2D eigenvalue weighted by atomic mass is 10.2. The zero-order chi connectivity index (χ0) is 13.6. The van der Waals surface area contributed by atoms with Crippen LogP contribution < -0.4 is 5.32 Å². The number of halogens is 1. The van der Waals surface area contributed by atoms with Crippen molar-refractivity contribution in [1.82, 2.24) is 5.32 Å². The molecule has 0 fully saturated rings. The Kier molecular flexibility index (Phi) is 5.75. The van der Waals surface area contributed by atoms with Crippen molar-refractivity contribution < 1.29 is 12.8 Å². The lowest BCUT2D eigenvalue weighted by Crippen LogP contribution is -2.22. The van der Waals surface area contributed by atoms with Gasteiger partial charge in [0.05, 0.1) is 10.6 Å². The topological polar surface area (TPSA) is 46.2 Å². The summed E-state index contributed by atoms with van der Waals surface area (Å²) in [5, 5.41) is 3.18. The Morgan fingerprint density at radius 3 is 2.67 bits per heavy atom. The fraction of sp³-hybridized carbons (Fsp3) is 0.538. The molecule has 0 spiro atoms. The molecule has 0 saturated carbocycles. The van der Waals surface area contributed by atoms with Gasteiger partial charge in [0.15, 0.2) is 9.84 Å². The Bertz CT molecular complexity index is 472. The molecule has 0 aliphatic carbocycles. The first-order chi connectivity index (χ1) is 8.42. The van der Waals surface area contributed by atoms with E-state index in [0.717, 1.165) is 12.6 Å². The van der Waals surface area contributed by atoms with Gasteiger partial charge in [0, 0.05) is 0 Å². The van der Waals surface area contributed by atoms with E-state index in [4.69, 9.17) is 0 Å². The lowest BCUT2D eigenvalue weighted by Gasteiger charge is -2.08. The third-order valence-corrected chi connectivity index (χ3v) is 4.27. The van der Waals surface area contributed by atoms with Crippen LogP contribution in [0.4, 0.5) is 4.39 Å². The van der Waals surface area contributed by atoms with Crippen LogP contribution in [0.25, 0.3) is 0 Å². The predicted molar refractivity (Wildman–Crippen MR) is 70.8 cm³/mol. The Morgan fingerprint density at radius 1 is 1.33 bits per heavy atom. The molecule has 0 atom stereocenters. The summed E-state index contributed by atoms with van der Waals surface area (Å²) in [4.78, 5) is 0.0614. The van der Waals surface area contributed by atoms with E-state index in [-0.39, 0.29) is 10.6 Å². The van der Waals surface area contributed by atoms with E-state index in [9.17, 15) is 12.8 Å². The Hall–Kier alpha value is -0.940. The first-order valence-electron chi connectivity index (χ1n) is 6.11. The van der Waals surface area contributed by atoms with Crippen molar-refractivity contribution in [2.24, 2.45) is 5.92 Å². The molecule has 0 aliphatic heterocycles. The highest BCUT2D eigenvalue weighted by Gasteiger charge is 2.14. The van der Waals surface area contributed by atoms with E-state index in [1.165, 1.54) is 18.2 Å². The number of hydrogen-bond donors (Lipinski definition) is 1. The molecular formula is C13H20FNO2S. The van der Waals surface area contributed by atoms with E-state index in [1.807, 2.05) is 0 Å². The number of rotatable bonds is 7. The molecule has 0 heterocycles. The molecule has 102 valence electrons. The summed E-state index contributed by atoms with van der Waals surface area (Å²) in [7, 11) is -3.36. The number of nitrogens with one attached hydrogen (secondary N) is 1. The van der Waals surface area contributed by atoms with Crippen molar-refractivity contribution in [2.45, 2.75) is 25.2 Å². The summed E-state index contributed by atoms with van der Waals surface area (Å²) < 4.78 is 36.7. The Morgan fingerprint density at radius 2 is 2.06 bits per heavy atom. The van der Waals surface area contributed by atoms with Gasteiger partial charge in [-0.1, -0.05) is 19.9 Å². The number of hydrogen-bond acceptors (Lipinski definition) is 3. The molecular weight excluding hydrogens is 253 g/mol. The molecule has 0 radical (unpaired) electrons. The van der Waals surface area contributed by atoms with Crippen LogP contribution >= 0.6 is 0 Å². The van der Waals surface area contributed by atoms with Crippen LogP contribution in [0, 0.1) is 11.7 Å². The highest BCUT2D eigenvalue weighted by Crippen LogP contribution is 2.13. The molecule has 0 aromatic heterocycles. The molecule has 5 heteroatoms. The molecule has 0 saturated heterocycles. The van der Waals surface area contributed by atoms with E-state index in [0.29, 0.717) is 18.9 Å². The second-order valence-electron chi connectivity index (χ2n) is 4.73.